The molecule has 1 saturated heterocycles. The first-order valence-electron chi connectivity index (χ1n) is 13.1. The van der Waals surface area contributed by atoms with Crippen molar-refractivity contribution < 1.29 is 37.3 Å². The number of benzene rings is 2. The number of fused-ring (bicyclic) bond motifs is 1. The largest absolute Gasteiger partial charge is 0.497 e. The van der Waals surface area contributed by atoms with Gasteiger partial charge in [0.05, 0.1) is 25.2 Å². The monoisotopic (exact) mass is 580 g/mol. The highest BCUT2D eigenvalue weighted by Gasteiger charge is 2.37. The third kappa shape index (κ3) is 7.05. The fourth-order valence-corrected chi connectivity index (χ4v) is 6.40. The molecule has 1 aliphatic rings. The number of likely N-dealkylation sites (tertiary alicyclic amines) is 1. The maximum atomic E-state index is 13.9. The molecule has 216 valence electrons. The minimum atomic E-state index is -1.49. The van der Waals surface area contributed by atoms with Gasteiger partial charge in [0.1, 0.15) is 12.4 Å². The zero-order valence-corrected chi connectivity index (χ0v) is 23.0. The first-order chi connectivity index (χ1) is 19.1. The normalized spacial score (nSPS) is 16.2. The number of methoxy groups -OCH3 is 1. The summed E-state index contributed by atoms with van der Waals surface area (Å²) < 4.78 is 59.3. The van der Waals surface area contributed by atoms with Crippen molar-refractivity contribution in [3.05, 3.63) is 65.1 Å². The molecule has 0 spiro atoms. The lowest BCUT2D eigenvalue weighted by molar-refractivity contribution is -0.141. The molecule has 0 radical (unpaired) electrons. The van der Waals surface area contributed by atoms with E-state index in [9.17, 15) is 32.6 Å². The smallest absolute Gasteiger partial charge is 0.303 e. The Morgan fingerprint density at radius 1 is 1.18 bits per heavy atom. The van der Waals surface area contributed by atoms with Crippen molar-refractivity contribution in [3.8, 4) is 5.75 Å². The topological polar surface area (TPSA) is 82.9 Å². The molecular weight excluding hydrogens is 548 g/mol. The van der Waals surface area contributed by atoms with Gasteiger partial charge in [0.2, 0.25) is 0 Å². The van der Waals surface area contributed by atoms with E-state index in [1.807, 2.05) is 0 Å². The molecule has 4 rings (SSSR count). The van der Waals surface area contributed by atoms with Crippen LogP contribution in [0.15, 0.2) is 41.4 Å². The Balaban J connectivity index is 1.40. The van der Waals surface area contributed by atoms with Crippen LogP contribution < -0.4 is 4.74 Å². The average molecular weight is 581 g/mol. The van der Waals surface area contributed by atoms with Crippen molar-refractivity contribution in [2.45, 2.75) is 49.8 Å². The summed E-state index contributed by atoms with van der Waals surface area (Å²) in [5.74, 6) is -3.77. The van der Waals surface area contributed by atoms with Gasteiger partial charge in [0, 0.05) is 34.3 Å². The number of thioether (sulfide) groups is 1. The number of nitrogens with zero attached hydrogens (tertiary/aromatic N) is 2. The standard InChI is InChI=1S/C29H32F4N2O4S/c1-39-19-2-3-24-21(12-19)27(18(16-30)17-34-24)25(36)4-5-29(15-26(37)38)6-8-35(9-7-29)10-11-40-20-13-22(31)28(33)23(32)14-20/h2-3,12-14,17,25,36H,4-11,15-16H2,1H3,(H,37,38). The molecule has 2 aromatic carbocycles. The summed E-state index contributed by atoms with van der Waals surface area (Å²) in [6.45, 7) is 1.07. The molecule has 0 amide bonds. The molecule has 2 heterocycles. The van der Waals surface area contributed by atoms with Crippen molar-refractivity contribution in [2.75, 3.05) is 32.5 Å². The van der Waals surface area contributed by atoms with Gasteiger partial charge >= 0.3 is 5.97 Å². The molecule has 0 saturated carbocycles. The Labute approximate surface area is 234 Å². The van der Waals surface area contributed by atoms with Crippen LogP contribution in [0.25, 0.3) is 10.9 Å². The quantitative estimate of drug-likeness (QED) is 0.148. The molecule has 6 nitrogen and oxygen atoms in total. The fourth-order valence-electron chi connectivity index (χ4n) is 5.44. The number of carbonyl (C=O) groups is 1. The summed E-state index contributed by atoms with van der Waals surface area (Å²) in [5, 5.41) is 21.5. The van der Waals surface area contributed by atoms with E-state index in [2.05, 4.69) is 9.88 Å². The van der Waals surface area contributed by atoms with E-state index in [0.717, 1.165) is 12.1 Å². The average Bonchev–Trinajstić information content (AvgIpc) is 2.94. The van der Waals surface area contributed by atoms with Gasteiger partial charge < -0.3 is 19.8 Å². The van der Waals surface area contributed by atoms with Gasteiger partial charge in [-0.2, -0.15) is 0 Å². The first-order valence-corrected chi connectivity index (χ1v) is 14.0. The molecule has 0 bridgehead atoms. The summed E-state index contributed by atoms with van der Waals surface area (Å²) in [7, 11) is 1.52. The number of carboxylic acid groups (broad SMARTS) is 1. The van der Waals surface area contributed by atoms with Crippen molar-refractivity contribution in [1.82, 2.24) is 9.88 Å². The van der Waals surface area contributed by atoms with E-state index >= 15 is 0 Å². The third-order valence-electron chi connectivity index (χ3n) is 7.70. The van der Waals surface area contributed by atoms with Crippen LogP contribution in [0, 0.1) is 22.9 Å². The summed E-state index contributed by atoms with van der Waals surface area (Å²) in [6.07, 6.45) is 2.25. The molecule has 1 aliphatic heterocycles. The number of piperidine rings is 1. The van der Waals surface area contributed by atoms with E-state index in [0.29, 0.717) is 71.8 Å². The van der Waals surface area contributed by atoms with Crippen LogP contribution in [0.5, 0.6) is 5.75 Å². The SMILES string of the molecule is COc1ccc2ncc(CF)c(C(O)CCC3(CC(=O)O)CCN(CCSc4cc(F)c(F)c(F)c4)CC3)c2c1. The van der Waals surface area contributed by atoms with Gasteiger partial charge in [-0.25, -0.2) is 17.6 Å². The first kappa shape index (κ1) is 30.1. The number of aliphatic hydroxyl groups is 1. The number of aliphatic carboxylic acids is 1. The van der Waals surface area contributed by atoms with E-state index in [1.54, 1.807) is 18.2 Å². The number of halogens is 4. The second-order valence-electron chi connectivity index (χ2n) is 10.2. The van der Waals surface area contributed by atoms with Crippen molar-refractivity contribution in [3.63, 3.8) is 0 Å². The van der Waals surface area contributed by atoms with Gasteiger partial charge in [0.15, 0.2) is 17.5 Å². The Morgan fingerprint density at radius 3 is 2.50 bits per heavy atom. The predicted molar refractivity (Wildman–Crippen MR) is 145 cm³/mol. The van der Waals surface area contributed by atoms with Crippen molar-refractivity contribution in [2.24, 2.45) is 5.41 Å². The molecule has 3 aromatic rings. The van der Waals surface area contributed by atoms with Crippen LogP contribution in [-0.4, -0.2) is 58.6 Å². The number of hydrogen-bond acceptors (Lipinski definition) is 6. The summed E-state index contributed by atoms with van der Waals surface area (Å²) >= 11 is 1.22. The van der Waals surface area contributed by atoms with Crippen LogP contribution >= 0.6 is 11.8 Å². The summed E-state index contributed by atoms with van der Waals surface area (Å²) in [5.41, 5.74) is 0.800. The van der Waals surface area contributed by atoms with Crippen molar-refractivity contribution >= 4 is 28.6 Å². The Bertz CT molecular complexity index is 1320. The highest BCUT2D eigenvalue weighted by molar-refractivity contribution is 7.99. The Morgan fingerprint density at radius 2 is 1.88 bits per heavy atom. The Hall–Kier alpha value is -2.89. The number of hydrogen-bond donors (Lipinski definition) is 2. The maximum Gasteiger partial charge on any atom is 0.303 e. The Kier molecular flexibility index (Phi) is 9.91. The number of rotatable bonds is 12. The van der Waals surface area contributed by atoms with Crippen LogP contribution in [-0.2, 0) is 11.5 Å². The molecule has 1 unspecified atom stereocenters. The number of alkyl halides is 1. The van der Waals surface area contributed by atoms with Crippen LogP contribution in [0.1, 0.15) is 49.3 Å². The fraction of sp³-hybridized carbons (Fsp3) is 0.448. The van der Waals surface area contributed by atoms with Crippen LogP contribution in [0.2, 0.25) is 0 Å². The van der Waals surface area contributed by atoms with Gasteiger partial charge in [-0.05, 0) is 80.1 Å². The highest BCUT2D eigenvalue weighted by atomic mass is 32.2. The van der Waals surface area contributed by atoms with E-state index in [4.69, 9.17) is 4.74 Å². The minimum absolute atomic E-state index is 0.0443. The van der Waals surface area contributed by atoms with Gasteiger partial charge in [0.25, 0.3) is 0 Å². The summed E-state index contributed by atoms with van der Waals surface area (Å²) in [4.78, 5) is 18.5. The van der Waals surface area contributed by atoms with Gasteiger partial charge in [-0.15, -0.1) is 11.8 Å². The number of ether oxygens (including phenoxy) is 1. The second-order valence-corrected chi connectivity index (χ2v) is 11.4. The number of pyridine rings is 1. The van der Waals surface area contributed by atoms with E-state index in [-0.39, 0.29) is 18.4 Å². The molecule has 1 fully saturated rings. The molecular formula is C29H32F4N2O4S. The van der Waals surface area contributed by atoms with Gasteiger partial charge in [-0.1, -0.05) is 0 Å². The lowest BCUT2D eigenvalue weighted by Crippen LogP contribution is -2.42. The molecule has 40 heavy (non-hydrogen) atoms. The number of aliphatic hydroxyl groups excluding tert-OH is 1. The number of aromatic nitrogens is 1. The molecule has 1 atom stereocenters. The lowest BCUT2D eigenvalue weighted by Gasteiger charge is -2.41. The van der Waals surface area contributed by atoms with E-state index < -0.39 is 41.6 Å². The highest BCUT2D eigenvalue weighted by Crippen LogP contribution is 2.42. The molecule has 2 N–H and O–H groups in total. The van der Waals surface area contributed by atoms with Gasteiger partial charge in [-0.3, -0.25) is 9.78 Å². The molecule has 0 aliphatic carbocycles. The second kappa shape index (κ2) is 13.2. The zero-order valence-electron chi connectivity index (χ0n) is 22.1. The number of carboxylic acids is 1. The van der Waals surface area contributed by atoms with E-state index in [1.165, 1.54) is 25.1 Å². The molecule has 11 heteroatoms. The minimum Gasteiger partial charge on any atom is -0.497 e. The van der Waals surface area contributed by atoms with Crippen LogP contribution in [0.3, 0.4) is 0 Å². The van der Waals surface area contributed by atoms with Crippen molar-refractivity contribution in [1.29, 1.82) is 0 Å². The zero-order chi connectivity index (χ0) is 28.9. The maximum absolute atomic E-state index is 13.9. The molecule has 1 aromatic heterocycles. The summed E-state index contributed by atoms with van der Waals surface area (Å²) in [6, 6.07) is 7.15. The predicted octanol–water partition coefficient (Wildman–Crippen LogP) is 6.29. The third-order valence-corrected chi connectivity index (χ3v) is 8.66. The lowest BCUT2D eigenvalue weighted by atomic mass is 9.71. The van der Waals surface area contributed by atoms with Crippen LogP contribution in [0.4, 0.5) is 17.6 Å².